The van der Waals surface area contributed by atoms with Crippen molar-refractivity contribution < 1.29 is 9.97 Å². The molecule has 1 unspecified atom stereocenters. The van der Waals surface area contributed by atoms with Crippen LogP contribution in [0.2, 0.25) is 0 Å². The van der Waals surface area contributed by atoms with E-state index in [1.165, 1.54) is 0 Å². The second kappa shape index (κ2) is 2.46. The van der Waals surface area contributed by atoms with Crippen LogP contribution in [0.4, 0.5) is 5.69 Å². The Labute approximate surface area is 68.5 Å². The third-order valence-corrected chi connectivity index (χ3v) is 1.72. The van der Waals surface area contributed by atoms with Crippen LogP contribution in [0, 0.1) is 5.21 Å². The molecule has 1 aliphatic rings. The minimum atomic E-state index is -1.19. The quantitative estimate of drug-likeness (QED) is 0.444. The van der Waals surface area contributed by atoms with Gasteiger partial charge in [-0.3, -0.25) is 0 Å². The SMILES string of the molecule is [O-][N+]1=NNc2ccccc2C1O. The van der Waals surface area contributed by atoms with E-state index in [1.807, 2.05) is 0 Å². The summed E-state index contributed by atoms with van der Waals surface area (Å²) in [6.45, 7) is 0. The molecule has 1 atom stereocenters. The lowest BCUT2D eigenvalue weighted by atomic mass is 10.1. The van der Waals surface area contributed by atoms with Gasteiger partial charge in [0.15, 0.2) is 5.69 Å². The number of aliphatic hydroxyl groups is 1. The maximum absolute atomic E-state index is 10.8. The number of anilines is 1. The average molecular weight is 165 g/mol. The molecule has 1 aromatic carbocycles. The zero-order valence-corrected chi connectivity index (χ0v) is 6.14. The maximum Gasteiger partial charge on any atom is 0.250 e. The second-order valence-corrected chi connectivity index (χ2v) is 2.48. The van der Waals surface area contributed by atoms with Gasteiger partial charge in [0.25, 0.3) is 0 Å². The molecular weight excluding hydrogens is 158 g/mol. The van der Waals surface area contributed by atoms with E-state index >= 15 is 0 Å². The van der Waals surface area contributed by atoms with Gasteiger partial charge in [0.1, 0.15) is 0 Å². The van der Waals surface area contributed by atoms with Gasteiger partial charge in [-0.15, -0.1) is 10.3 Å². The van der Waals surface area contributed by atoms with Crippen LogP contribution in [-0.2, 0) is 0 Å². The Bertz CT molecular complexity index is 337. The van der Waals surface area contributed by atoms with Crippen molar-refractivity contribution in [1.29, 1.82) is 0 Å². The normalized spacial score (nSPS) is 20.8. The van der Waals surface area contributed by atoms with Crippen molar-refractivity contribution in [2.75, 3.05) is 5.43 Å². The van der Waals surface area contributed by atoms with Crippen molar-refractivity contribution in [2.45, 2.75) is 6.23 Å². The molecule has 0 amide bonds. The highest BCUT2D eigenvalue weighted by Gasteiger charge is 2.22. The molecule has 0 aromatic heterocycles. The molecule has 0 aliphatic carbocycles. The second-order valence-electron chi connectivity index (χ2n) is 2.48. The minimum absolute atomic E-state index is 0.225. The zero-order valence-electron chi connectivity index (χ0n) is 6.14. The predicted octanol–water partition coefficient (Wildman–Crippen LogP) is 0.980. The first-order valence-electron chi connectivity index (χ1n) is 3.49. The number of hydrogen-bond donors (Lipinski definition) is 2. The predicted molar refractivity (Wildman–Crippen MR) is 41.1 cm³/mol. The van der Waals surface area contributed by atoms with Crippen molar-refractivity contribution in [3.8, 4) is 0 Å². The van der Waals surface area contributed by atoms with Crippen LogP contribution in [0.15, 0.2) is 29.5 Å². The van der Waals surface area contributed by atoms with Crippen molar-refractivity contribution in [3.63, 3.8) is 0 Å². The summed E-state index contributed by atoms with van der Waals surface area (Å²) in [7, 11) is 0. The Morgan fingerprint density at radius 3 is 3.08 bits per heavy atom. The summed E-state index contributed by atoms with van der Waals surface area (Å²) in [6.07, 6.45) is -1.19. The highest BCUT2D eigenvalue weighted by Crippen LogP contribution is 2.26. The molecule has 1 aliphatic heterocycles. The first-order valence-corrected chi connectivity index (χ1v) is 3.49. The van der Waals surface area contributed by atoms with Crippen molar-refractivity contribution in [3.05, 3.63) is 35.0 Å². The molecule has 2 N–H and O–H groups in total. The minimum Gasteiger partial charge on any atom is -0.693 e. The number of nitrogens with zero attached hydrogens (tertiary/aromatic N) is 2. The molecule has 12 heavy (non-hydrogen) atoms. The van der Waals surface area contributed by atoms with Crippen LogP contribution in [0.25, 0.3) is 0 Å². The van der Waals surface area contributed by atoms with Gasteiger partial charge in [0, 0.05) is 0 Å². The fourth-order valence-electron chi connectivity index (χ4n) is 1.10. The molecule has 0 saturated carbocycles. The molecule has 5 heteroatoms. The van der Waals surface area contributed by atoms with Crippen LogP contribution >= 0.6 is 0 Å². The third-order valence-electron chi connectivity index (χ3n) is 1.72. The van der Waals surface area contributed by atoms with E-state index < -0.39 is 6.23 Å². The van der Waals surface area contributed by atoms with E-state index in [4.69, 9.17) is 0 Å². The highest BCUT2D eigenvalue weighted by molar-refractivity contribution is 5.51. The number of benzene rings is 1. The van der Waals surface area contributed by atoms with Crippen LogP contribution in [0.1, 0.15) is 11.8 Å². The van der Waals surface area contributed by atoms with Gasteiger partial charge in [-0.05, 0) is 12.1 Å². The van der Waals surface area contributed by atoms with Crippen LogP contribution < -0.4 is 5.43 Å². The number of hydrogen-bond acceptors (Lipinski definition) is 4. The first kappa shape index (κ1) is 7.05. The van der Waals surface area contributed by atoms with Gasteiger partial charge in [-0.2, -0.15) is 0 Å². The van der Waals surface area contributed by atoms with E-state index in [9.17, 15) is 10.3 Å². The van der Waals surface area contributed by atoms with Crippen molar-refractivity contribution in [1.82, 2.24) is 0 Å². The Balaban J connectivity index is 2.49. The maximum atomic E-state index is 10.8. The summed E-state index contributed by atoms with van der Waals surface area (Å²) < 4.78 is 0. The number of aliphatic hydroxyl groups excluding tert-OH is 1. The van der Waals surface area contributed by atoms with E-state index in [1.54, 1.807) is 24.3 Å². The van der Waals surface area contributed by atoms with Crippen LogP contribution in [0.5, 0.6) is 0 Å². The topological polar surface area (TPSA) is 70.7 Å². The third kappa shape index (κ3) is 0.911. The lowest BCUT2D eigenvalue weighted by Gasteiger charge is -2.18. The first-order chi connectivity index (χ1) is 5.79. The monoisotopic (exact) mass is 165 g/mol. The molecule has 5 nitrogen and oxygen atoms in total. The molecule has 62 valence electrons. The molecule has 1 heterocycles. The highest BCUT2D eigenvalue weighted by atomic mass is 16.5. The fraction of sp³-hybridized carbons (Fsp3) is 0.143. The molecule has 2 rings (SSSR count). The van der Waals surface area contributed by atoms with Gasteiger partial charge in [-0.1, -0.05) is 12.1 Å². The Morgan fingerprint density at radius 2 is 2.25 bits per heavy atom. The van der Waals surface area contributed by atoms with Crippen LogP contribution in [-0.4, -0.2) is 9.97 Å². The van der Waals surface area contributed by atoms with Gasteiger partial charge in [0.05, 0.1) is 10.8 Å². The molecular formula is C7H7N3O2. The molecule has 0 bridgehead atoms. The lowest BCUT2D eigenvalue weighted by Crippen LogP contribution is -2.18. The van der Waals surface area contributed by atoms with E-state index in [2.05, 4.69) is 10.6 Å². The number of nitrogens with one attached hydrogen (secondary N) is 1. The summed E-state index contributed by atoms with van der Waals surface area (Å²) in [5.74, 6) is 0. The van der Waals surface area contributed by atoms with Crippen LogP contribution in [0.3, 0.4) is 0 Å². The van der Waals surface area contributed by atoms with Crippen molar-refractivity contribution in [2.24, 2.45) is 5.22 Å². The number of hydroxylamine groups is 1. The largest absolute Gasteiger partial charge is 0.693 e. The number of fused-ring (bicyclic) bond motifs is 1. The lowest BCUT2D eigenvalue weighted by molar-refractivity contribution is -0.620. The van der Waals surface area contributed by atoms with E-state index in [0.717, 1.165) is 0 Å². The van der Waals surface area contributed by atoms with Gasteiger partial charge >= 0.3 is 0 Å². The van der Waals surface area contributed by atoms with E-state index in [-0.39, 0.29) is 4.86 Å². The average Bonchev–Trinajstić information content (AvgIpc) is 2.12. The molecule has 0 spiro atoms. The van der Waals surface area contributed by atoms with Crippen molar-refractivity contribution >= 4 is 5.69 Å². The van der Waals surface area contributed by atoms with Gasteiger partial charge < -0.3 is 10.3 Å². The van der Waals surface area contributed by atoms with Gasteiger partial charge in [0.2, 0.25) is 6.23 Å². The Kier molecular flexibility index (Phi) is 1.44. The standard InChI is InChI=1S/C7H7N3O2/c11-7-5-3-1-2-4-6(5)8-9-10(7)12/h1-4,7-8,11H. The number of rotatable bonds is 0. The smallest absolute Gasteiger partial charge is 0.250 e. The Hall–Kier alpha value is -1.62. The molecule has 0 fully saturated rings. The summed E-state index contributed by atoms with van der Waals surface area (Å²) in [5, 5.41) is 23.4. The zero-order chi connectivity index (χ0) is 8.55. The Morgan fingerprint density at radius 1 is 1.50 bits per heavy atom. The summed E-state index contributed by atoms with van der Waals surface area (Å²) >= 11 is 0. The molecule has 0 saturated heterocycles. The molecule has 1 aromatic rings. The summed E-state index contributed by atoms with van der Waals surface area (Å²) in [4.78, 5) is 0.225. The van der Waals surface area contributed by atoms with E-state index in [0.29, 0.717) is 11.3 Å². The fourth-order valence-corrected chi connectivity index (χ4v) is 1.10. The summed E-state index contributed by atoms with van der Waals surface area (Å²) in [6, 6.07) is 6.97. The summed E-state index contributed by atoms with van der Waals surface area (Å²) in [5.41, 5.74) is 3.73. The van der Waals surface area contributed by atoms with Gasteiger partial charge in [-0.25, -0.2) is 0 Å². The number of para-hydroxylation sites is 1. The molecule has 0 radical (unpaired) electrons.